The molecule has 0 aliphatic carbocycles. The number of hydrogen-bond donors (Lipinski definition) is 1. The number of hydrogen-bond acceptors (Lipinski definition) is 4. The van der Waals surface area contributed by atoms with Crippen LogP contribution in [0.2, 0.25) is 0 Å². The highest BCUT2D eigenvalue weighted by molar-refractivity contribution is 7.11. The van der Waals surface area contributed by atoms with Crippen LogP contribution in [0.3, 0.4) is 0 Å². The fourth-order valence-corrected chi connectivity index (χ4v) is 4.06. The predicted molar refractivity (Wildman–Crippen MR) is 106 cm³/mol. The first-order chi connectivity index (χ1) is 12.1. The van der Waals surface area contributed by atoms with Gasteiger partial charge in [0.05, 0.1) is 6.54 Å². The van der Waals surface area contributed by atoms with E-state index in [1.807, 2.05) is 13.1 Å². The second kappa shape index (κ2) is 8.25. The van der Waals surface area contributed by atoms with E-state index >= 15 is 0 Å². The number of carboxylic acids is 1. The largest absolute Gasteiger partial charge is 0.480 e. The van der Waals surface area contributed by atoms with E-state index in [2.05, 4.69) is 58.6 Å². The van der Waals surface area contributed by atoms with E-state index in [-0.39, 0.29) is 6.54 Å². The zero-order chi connectivity index (χ0) is 17.6. The second-order valence-corrected chi connectivity index (χ2v) is 7.50. The summed E-state index contributed by atoms with van der Waals surface area (Å²) in [5.74, 6) is -0.811. The van der Waals surface area contributed by atoms with Crippen molar-refractivity contribution in [2.75, 3.05) is 20.1 Å². The van der Waals surface area contributed by atoms with Crippen molar-refractivity contribution in [3.8, 4) is 11.1 Å². The Hall–Kier alpha value is -2.21. The number of carboxylic acid groups (broad SMARTS) is 1. The van der Waals surface area contributed by atoms with Gasteiger partial charge in [-0.15, -0.1) is 11.3 Å². The summed E-state index contributed by atoms with van der Waals surface area (Å²) in [6.45, 7) is 0.622. The van der Waals surface area contributed by atoms with Crippen molar-refractivity contribution in [1.82, 2.24) is 4.90 Å². The highest BCUT2D eigenvalue weighted by Gasteiger charge is 2.09. The molecule has 0 aliphatic heterocycles. The van der Waals surface area contributed by atoms with E-state index in [0.717, 1.165) is 11.1 Å². The Morgan fingerprint density at radius 2 is 1.92 bits per heavy atom. The van der Waals surface area contributed by atoms with Crippen LogP contribution in [0.1, 0.15) is 10.4 Å². The maximum absolute atomic E-state index is 10.8. The van der Waals surface area contributed by atoms with Gasteiger partial charge < -0.3 is 5.11 Å². The molecule has 0 radical (unpaired) electrons. The fourth-order valence-electron chi connectivity index (χ4n) is 2.61. The van der Waals surface area contributed by atoms with E-state index < -0.39 is 5.97 Å². The molecule has 0 fully saturated rings. The molecule has 5 heteroatoms. The Kier molecular flexibility index (Phi) is 5.81. The van der Waals surface area contributed by atoms with Crippen molar-refractivity contribution < 1.29 is 9.90 Å². The van der Waals surface area contributed by atoms with Gasteiger partial charge in [-0.2, -0.15) is 11.3 Å². The van der Waals surface area contributed by atoms with Crippen molar-refractivity contribution in [3.05, 3.63) is 75.1 Å². The van der Waals surface area contributed by atoms with Gasteiger partial charge in [-0.3, -0.25) is 9.69 Å². The van der Waals surface area contributed by atoms with Crippen LogP contribution in [0.4, 0.5) is 0 Å². The van der Waals surface area contributed by atoms with E-state index in [1.165, 1.54) is 16.0 Å². The average Bonchev–Trinajstić information content (AvgIpc) is 3.29. The lowest BCUT2D eigenvalue weighted by Gasteiger charge is -2.13. The van der Waals surface area contributed by atoms with Crippen molar-refractivity contribution >= 4 is 34.2 Å². The topological polar surface area (TPSA) is 40.5 Å². The summed E-state index contributed by atoms with van der Waals surface area (Å²) < 4.78 is 0. The first-order valence-corrected chi connectivity index (χ1v) is 9.73. The molecule has 0 saturated carbocycles. The Bertz CT molecular complexity index is 834. The van der Waals surface area contributed by atoms with Gasteiger partial charge in [0.15, 0.2) is 0 Å². The molecule has 128 valence electrons. The summed E-state index contributed by atoms with van der Waals surface area (Å²) in [5.41, 5.74) is 4.73. The lowest BCUT2D eigenvalue weighted by atomic mass is 10.0. The third-order valence-corrected chi connectivity index (χ3v) is 5.44. The molecule has 0 unspecified atom stereocenters. The maximum atomic E-state index is 10.8. The maximum Gasteiger partial charge on any atom is 0.317 e. The van der Waals surface area contributed by atoms with Gasteiger partial charge in [-0.1, -0.05) is 36.4 Å². The lowest BCUT2D eigenvalue weighted by Crippen LogP contribution is -2.25. The number of rotatable bonds is 7. The zero-order valence-corrected chi connectivity index (χ0v) is 15.5. The SMILES string of the molecule is CN(CC=C(c1ccc(-c2ccsc2)cc1)c1cccs1)CC(=O)O. The predicted octanol–water partition coefficient (Wildman–Crippen LogP) is 4.92. The Morgan fingerprint density at radius 1 is 1.12 bits per heavy atom. The van der Waals surface area contributed by atoms with Crippen LogP contribution in [0.15, 0.2) is 64.7 Å². The number of carbonyl (C=O) groups is 1. The Balaban J connectivity index is 1.86. The molecule has 0 aliphatic rings. The summed E-state index contributed by atoms with van der Waals surface area (Å²) in [4.78, 5) is 13.8. The van der Waals surface area contributed by atoms with Gasteiger partial charge in [0.25, 0.3) is 0 Å². The van der Waals surface area contributed by atoms with Crippen molar-refractivity contribution in [2.24, 2.45) is 0 Å². The van der Waals surface area contributed by atoms with Crippen molar-refractivity contribution in [2.45, 2.75) is 0 Å². The third-order valence-electron chi connectivity index (χ3n) is 3.85. The molecule has 0 saturated heterocycles. The molecule has 2 heterocycles. The number of thiophene rings is 2. The summed E-state index contributed by atoms with van der Waals surface area (Å²) in [7, 11) is 1.82. The summed E-state index contributed by atoms with van der Waals surface area (Å²) in [5, 5.41) is 15.2. The van der Waals surface area contributed by atoms with Crippen LogP contribution in [0.5, 0.6) is 0 Å². The molecule has 0 spiro atoms. The Labute approximate surface area is 155 Å². The van der Waals surface area contributed by atoms with Crippen LogP contribution >= 0.6 is 22.7 Å². The first kappa shape index (κ1) is 17.6. The molecule has 2 aromatic heterocycles. The number of likely N-dealkylation sites (N-methyl/N-ethyl adjacent to an activating group) is 1. The molecule has 1 aromatic carbocycles. The van der Waals surface area contributed by atoms with Crippen LogP contribution in [-0.2, 0) is 4.79 Å². The van der Waals surface area contributed by atoms with Gasteiger partial charge in [0.1, 0.15) is 0 Å². The molecule has 3 nitrogen and oxygen atoms in total. The van der Waals surface area contributed by atoms with Gasteiger partial charge in [0, 0.05) is 11.4 Å². The molecule has 3 rings (SSSR count). The van der Waals surface area contributed by atoms with E-state index in [1.54, 1.807) is 27.6 Å². The van der Waals surface area contributed by atoms with Gasteiger partial charge >= 0.3 is 5.97 Å². The molecule has 0 amide bonds. The van der Waals surface area contributed by atoms with E-state index in [4.69, 9.17) is 5.11 Å². The van der Waals surface area contributed by atoms with Crippen molar-refractivity contribution in [3.63, 3.8) is 0 Å². The van der Waals surface area contributed by atoms with Crippen LogP contribution in [-0.4, -0.2) is 36.1 Å². The third kappa shape index (κ3) is 4.66. The van der Waals surface area contributed by atoms with Crippen LogP contribution in [0, 0.1) is 0 Å². The molecular formula is C20H19NO2S2. The second-order valence-electron chi connectivity index (χ2n) is 5.77. The number of benzene rings is 1. The van der Waals surface area contributed by atoms with E-state index in [9.17, 15) is 4.79 Å². The average molecular weight is 370 g/mol. The number of nitrogens with zero attached hydrogens (tertiary/aromatic N) is 1. The minimum atomic E-state index is -0.811. The minimum Gasteiger partial charge on any atom is -0.480 e. The molecule has 3 aromatic rings. The smallest absolute Gasteiger partial charge is 0.317 e. The summed E-state index contributed by atoms with van der Waals surface area (Å²) in [6, 6.07) is 14.8. The van der Waals surface area contributed by atoms with Gasteiger partial charge in [0.2, 0.25) is 0 Å². The first-order valence-electron chi connectivity index (χ1n) is 7.91. The van der Waals surface area contributed by atoms with Gasteiger partial charge in [-0.05, 0) is 57.6 Å². The normalized spacial score (nSPS) is 11.8. The molecule has 0 atom stereocenters. The van der Waals surface area contributed by atoms with Crippen LogP contribution < -0.4 is 0 Å². The molecule has 1 N–H and O–H groups in total. The van der Waals surface area contributed by atoms with Gasteiger partial charge in [-0.25, -0.2) is 0 Å². The van der Waals surface area contributed by atoms with Crippen molar-refractivity contribution in [1.29, 1.82) is 0 Å². The highest BCUT2D eigenvalue weighted by Crippen LogP contribution is 2.29. The standard InChI is InChI=1S/C20H19NO2S2/c1-21(13-20(22)23)10-8-18(19-3-2-11-25-19)16-6-4-15(5-7-16)17-9-12-24-14-17/h2-9,11-12,14H,10,13H2,1H3,(H,22,23). The lowest BCUT2D eigenvalue weighted by molar-refractivity contribution is -0.137. The minimum absolute atomic E-state index is 0.0330. The quantitative estimate of drug-likeness (QED) is 0.642. The monoisotopic (exact) mass is 369 g/mol. The molecule has 25 heavy (non-hydrogen) atoms. The summed E-state index contributed by atoms with van der Waals surface area (Å²) in [6.07, 6.45) is 2.11. The molecular weight excluding hydrogens is 350 g/mol. The fraction of sp³-hybridized carbons (Fsp3) is 0.150. The molecule has 0 bridgehead atoms. The Morgan fingerprint density at radius 3 is 2.52 bits per heavy atom. The zero-order valence-electron chi connectivity index (χ0n) is 13.9. The number of aliphatic carboxylic acids is 1. The van der Waals surface area contributed by atoms with E-state index in [0.29, 0.717) is 6.54 Å². The highest BCUT2D eigenvalue weighted by atomic mass is 32.1. The van der Waals surface area contributed by atoms with Crippen LogP contribution in [0.25, 0.3) is 16.7 Å². The summed E-state index contributed by atoms with van der Waals surface area (Å²) >= 11 is 3.39.